The molecule has 0 saturated heterocycles. The van der Waals surface area contributed by atoms with Gasteiger partial charge in [-0.3, -0.25) is 4.68 Å². The first-order valence-corrected chi connectivity index (χ1v) is 7.13. The summed E-state index contributed by atoms with van der Waals surface area (Å²) in [6, 6.07) is 1.47. The number of nitrogens with zero attached hydrogens (tertiary/aromatic N) is 2. The van der Waals surface area contributed by atoms with Gasteiger partial charge in [-0.25, -0.2) is 13.1 Å². The van der Waals surface area contributed by atoms with E-state index in [1.807, 2.05) is 0 Å². The van der Waals surface area contributed by atoms with Crippen molar-refractivity contribution in [3.8, 4) is 0 Å². The smallest absolute Gasteiger partial charge is 0.256 e. The van der Waals surface area contributed by atoms with Crippen LogP contribution in [0.3, 0.4) is 0 Å². The number of halogens is 1. The normalized spacial score (nSPS) is 11.9. The van der Waals surface area contributed by atoms with Gasteiger partial charge in [0.1, 0.15) is 0 Å². The van der Waals surface area contributed by atoms with E-state index < -0.39 is 10.0 Å². The van der Waals surface area contributed by atoms with E-state index in [1.165, 1.54) is 16.9 Å². The SMILES string of the molecule is Cn1nccc1S(=O)(=O)NCCCCCCl. The standard InChI is InChI=1S/C9H16ClN3O2S/c1-13-9(5-8-11-13)16(14,15)12-7-4-2-3-6-10/h5,8,12H,2-4,6-7H2,1H3. The highest BCUT2D eigenvalue weighted by Gasteiger charge is 2.16. The third-order valence-corrected chi connectivity index (χ3v) is 3.96. The Bertz CT molecular complexity index is 416. The first kappa shape index (κ1) is 13.5. The second-order valence-corrected chi connectivity index (χ2v) is 5.53. The molecule has 1 heterocycles. The highest BCUT2D eigenvalue weighted by atomic mass is 35.5. The zero-order valence-electron chi connectivity index (χ0n) is 9.19. The van der Waals surface area contributed by atoms with Crippen LogP contribution >= 0.6 is 11.6 Å². The van der Waals surface area contributed by atoms with Gasteiger partial charge in [-0.05, 0) is 18.9 Å². The van der Waals surface area contributed by atoms with E-state index in [1.54, 1.807) is 7.05 Å². The number of aromatic nitrogens is 2. The molecule has 1 N–H and O–H groups in total. The molecule has 0 radical (unpaired) electrons. The van der Waals surface area contributed by atoms with Crippen molar-refractivity contribution in [1.82, 2.24) is 14.5 Å². The molecule has 0 spiro atoms. The van der Waals surface area contributed by atoms with Crippen LogP contribution in [0.15, 0.2) is 17.3 Å². The van der Waals surface area contributed by atoms with E-state index in [0.717, 1.165) is 19.3 Å². The molecule has 92 valence electrons. The first-order chi connectivity index (χ1) is 7.58. The number of nitrogens with one attached hydrogen (secondary N) is 1. The molecular formula is C9H16ClN3O2S. The Morgan fingerprint density at radius 2 is 2.19 bits per heavy atom. The van der Waals surface area contributed by atoms with Crippen molar-refractivity contribution in [1.29, 1.82) is 0 Å². The largest absolute Gasteiger partial charge is 0.257 e. The lowest BCUT2D eigenvalue weighted by Crippen LogP contribution is -2.26. The summed E-state index contributed by atoms with van der Waals surface area (Å²) in [5.41, 5.74) is 0. The topological polar surface area (TPSA) is 64.0 Å². The first-order valence-electron chi connectivity index (χ1n) is 5.11. The Balaban J connectivity index is 2.45. The van der Waals surface area contributed by atoms with Crippen molar-refractivity contribution in [2.45, 2.75) is 24.3 Å². The van der Waals surface area contributed by atoms with Crippen LogP contribution in [0.5, 0.6) is 0 Å². The third kappa shape index (κ3) is 3.77. The second-order valence-electron chi connectivity index (χ2n) is 3.44. The van der Waals surface area contributed by atoms with Crippen molar-refractivity contribution in [3.05, 3.63) is 12.3 Å². The quantitative estimate of drug-likeness (QED) is 0.593. The van der Waals surface area contributed by atoms with Crippen LogP contribution in [0, 0.1) is 0 Å². The summed E-state index contributed by atoms with van der Waals surface area (Å²) in [6.07, 6.45) is 4.10. The van der Waals surface area contributed by atoms with Gasteiger partial charge < -0.3 is 0 Å². The maximum absolute atomic E-state index is 11.7. The Kier molecular flexibility index (Phi) is 5.24. The summed E-state index contributed by atoms with van der Waals surface area (Å²) in [5, 5.41) is 4.01. The Hall–Kier alpha value is -0.590. The molecule has 1 rings (SSSR count). The van der Waals surface area contributed by atoms with Gasteiger partial charge in [0, 0.05) is 19.5 Å². The molecule has 1 aromatic rings. The summed E-state index contributed by atoms with van der Waals surface area (Å²) in [5.74, 6) is 0.620. The summed E-state index contributed by atoms with van der Waals surface area (Å²) >= 11 is 5.52. The van der Waals surface area contributed by atoms with E-state index in [9.17, 15) is 8.42 Å². The molecule has 0 saturated carbocycles. The third-order valence-electron chi connectivity index (χ3n) is 2.15. The number of hydrogen-bond donors (Lipinski definition) is 1. The Morgan fingerprint density at radius 3 is 2.75 bits per heavy atom. The van der Waals surface area contributed by atoms with Crippen LogP contribution < -0.4 is 4.72 Å². The number of unbranched alkanes of at least 4 members (excludes halogenated alkanes) is 2. The molecule has 0 amide bonds. The van der Waals surface area contributed by atoms with Crippen LogP contribution in [-0.4, -0.2) is 30.6 Å². The molecule has 0 fully saturated rings. The molecule has 0 atom stereocenters. The van der Waals surface area contributed by atoms with Gasteiger partial charge in [-0.2, -0.15) is 5.10 Å². The molecular weight excluding hydrogens is 250 g/mol. The number of sulfonamides is 1. The fraction of sp³-hybridized carbons (Fsp3) is 0.667. The van der Waals surface area contributed by atoms with Crippen LogP contribution in [0.25, 0.3) is 0 Å². The predicted octanol–water partition coefficient (Wildman–Crippen LogP) is 1.11. The van der Waals surface area contributed by atoms with Gasteiger partial charge in [-0.1, -0.05) is 6.42 Å². The average molecular weight is 266 g/mol. The fourth-order valence-electron chi connectivity index (χ4n) is 1.30. The minimum absolute atomic E-state index is 0.185. The maximum Gasteiger partial charge on any atom is 0.257 e. The van der Waals surface area contributed by atoms with Crippen molar-refractivity contribution in [2.24, 2.45) is 7.05 Å². The van der Waals surface area contributed by atoms with E-state index in [4.69, 9.17) is 11.6 Å². The molecule has 0 unspecified atom stereocenters. The van der Waals surface area contributed by atoms with Gasteiger partial charge in [0.05, 0.1) is 6.20 Å². The molecule has 16 heavy (non-hydrogen) atoms. The molecule has 7 heteroatoms. The second kappa shape index (κ2) is 6.22. The summed E-state index contributed by atoms with van der Waals surface area (Å²) < 4.78 is 27.4. The van der Waals surface area contributed by atoms with Crippen LogP contribution in [0.2, 0.25) is 0 Å². The maximum atomic E-state index is 11.7. The Labute approximate surface area is 101 Å². The van der Waals surface area contributed by atoms with E-state index in [2.05, 4.69) is 9.82 Å². The molecule has 0 aromatic carbocycles. The van der Waals surface area contributed by atoms with Crippen molar-refractivity contribution >= 4 is 21.6 Å². The molecule has 0 aliphatic carbocycles. The number of alkyl halides is 1. The molecule has 0 aliphatic rings. The highest BCUT2D eigenvalue weighted by Crippen LogP contribution is 2.06. The fourth-order valence-corrected chi connectivity index (χ4v) is 2.69. The summed E-state index contributed by atoms with van der Waals surface area (Å²) in [7, 11) is -1.82. The molecule has 5 nitrogen and oxygen atoms in total. The van der Waals surface area contributed by atoms with Gasteiger partial charge in [0.2, 0.25) is 0 Å². The molecule has 1 aromatic heterocycles. The van der Waals surface area contributed by atoms with Crippen LogP contribution in [0.4, 0.5) is 0 Å². The van der Waals surface area contributed by atoms with E-state index in [-0.39, 0.29) is 5.03 Å². The van der Waals surface area contributed by atoms with Crippen molar-refractivity contribution < 1.29 is 8.42 Å². The van der Waals surface area contributed by atoms with Crippen LogP contribution in [-0.2, 0) is 17.1 Å². The van der Waals surface area contributed by atoms with Crippen molar-refractivity contribution in [2.75, 3.05) is 12.4 Å². The Morgan fingerprint density at radius 1 is 1.44 bits per heavy atom. The number of aryl methyl sites for hydroxylation is 1. The predicted molar refractivity (Wildman–Crippen MR) is 63.0 cm³/mol. The zero-order chi connectivity index (χ0) is 12.0. The summed E-state index contributed by atoms with van der Waals surface area (Å²) in [6.45, 7) is 0.435. The minimum Gasteiger partial charge on any atom is -0.256 e. The molecule has 0 bridgehead atoms. The van der Waals surface area contributed by atoms with E-state index >= 15 is 0 Å². The number of hydrogen-bond acceptors (Lipinski definition) is 3. The zero-order valence-corrected chi connectivity index (χ0v) is 10.8. The highest BCUT2D eigenvalue weighted by molar-refractivity contribution is 7.89. The van der Waals surface area contributed by atoms with E-state index in [0.29, 0.717) is 12.4 Å². The van der Waals surface area contributed by atoms with Gasteiger partial charge >= 0.3 is 0 Å². The lowest BCUT2D eigenvalue weighted by atomic mass is 10.2. The van der Waals surface area contributed by atoms with Gasteiger partial charge in [0.25, 0.3) is 10.0 Å². The van der Waals surface area contributed by atoms with Crippen LogP contribution in [0.1, 0.15) is 19.3 Å². The molecule has 0 aliphatic heterocycles. The van der Waals surface area contributed by atoms with Crippen molar-refractivity contribution in [3.63, 3.8) is 0 Å². The lowest BCUT2D eigenvalue weighted by molar-refractivity contribution is 0.559. The van der Waals surface area contributed by atoms with Gasteiger partial charge in [-0.15, -0.1) is 11.6 Å². The minimum atomic E-state index is -3.42. The monoisotopic (exact) mass is 265 g/mol. The van der Waals surface area contributed by atoms with Gasteiger partial charge in [0.15, 0.2) is 5.03 Å². The lowest BCUT2D eigenvalue weighted by Gasteiger charge is -2.06. The summed E-state index contributed by atoms with van der Waals surface area (Å²) in [4.78, 5) is 0. The number of rotatable bonds is 7. The average Bonchev–Trinajstić information content (AvgIpc) is 2.65.